The summed E-state index contributed by atoms with van der Waals surface area (Å²) in [6.07, 6.45) is 3.55. The first-order valence-corrected chi connectivity index (χ1v) is 13.4. The Bertz CT molecular complexity index is 1220. The Morgan fingerprint density at radius 1 is 0.943 bits per heavy atom. The van der Waals surface area contributed by atoms with Crippen LogP contribution in [0.5, 0.6) is 0 Å². The monoisotopic (exact) mass is 495 g/mol. The number of rotatable bonds is 9. The van der Waals surface area contributed by atoms with Crippen molar-refractivity contribution in [3.05, 3.63) is 77.6 Å². The highest BCUT2D eigenvalue weighted by molar-refractivity contribution is 7.91. The highest BCUT2D eigenvalue weighted by atomic mass is 32.2. The molecule has 0 aliphatic rings. The molecule has 0 aliphatic carbocycles. The molecular formula is C27H37N5O2S. The van der Waals surface area contributed by atoms with Gasteiger partial charge in [-0.05, 0) is 90.1 Å². The van der Waals surface area contributed by atoms with Gasteiger partial charge >= 0.3 is 0 Å². The Balaban J connectivity index is 1.98. The summed E-state index contributed by atoms with van der Waals surface area (Å²) in [5, 5.41) is 18.3. The van der Waals surface area contributed by atoms with Gasteiger partial charge in [-0.1, -0.05) is 39.8 Å². The van der Waals surface area contributed by atoms with Crippen LogP contribution >= 0.6 is 0 Å². The van der Waals surface area contributed by atoms with E-state index in [-0.39, 0.29) is 18.5 Å². The molecular weight excluding hydrogens is 458 g/mol. The van der Waals surface area contributed by atoms with E-state index < -0.39 is 9.92 Å². The minimum atomic E-state index is -3.17. The second-order valence-electron chi connectivity index (χ2n) is 9.67. The van der Waals surface area contributed by atoms with E-state index in [1.165, 1.54) is 0 Å². The maximum Gasteiger partial charge on any atom is 0.146 e. The maximum absolute atomic E-state index is 13.2. The minimum Gasteiger partial charge on any atom is -0.305 e. The van der Waals surface area contributed by atoms with Crippen LogP contribution in [0.4, 0.5) is 5.69 Å². The summed E-state index contributed by atoms with van der Waals surface area (Å²) in [5.41, 5.74) is 5.87. The summed E-state index contributed by atoms with van der Waals surface area (Å²) in [7, 11) is 0.810. The van der Waals surface area contributed by atoms with Gasteiger partial charge in [0.25, 0.3) is 0 Å². The van der Waals surface area contributed by atoms with E-state index in [1.54, 1.807) is 24.5 Å². The maximum atomic E-state index is 13.2. The molecule has 188 valence electrons. The Morgan fingerprint density at radius 3 is 1.97 bits per heavy atom. The van der Waals surface area contributed by atoms with Gasteiger partial charge in [-0.25, -0.2) is 14.4 Å². The molecule has 0 spiro atoms. The number of anilines is 1. The number of benzene rings is 2. The van der Waals surface area contributed by atoms with Crippen LogP contribution in [0.1, 0.15) is 56.2 Å². The first-order chi connectivity index (χ1) is 16.5. The molecule has 3 aromatic rings. The fraction of sp³-hybridized carbons (Fsp3) is 0.370. The van der Waals surface area contributed by atoms with Crippen LogP contribution < -0.4 is 10.2 Å². The zero-order valence-electron chi connectivity index (χ0n) is 21.5. The highest BCUT2D eigenvalue weighted by Crippen LogP contribution is 2.38. The summed E-state index contributed by atoms with van der Waals surface area (Å²) in [4.78, 5) is 6.62. The first kappa shape index (κ1) is 26.8. The number of nitrogens with two attached hydrogens (primary N) is 1. The number of hydroxylamine groups is 1. The Kier molecular flexibility index (Phi) is 8.66. The molecule has 1 heterocycles. The Hall–Kier alpha value is -2.78. The molecule has 35 heavy (non-hydrogen) atoms. The van der Waals surface area contributed by atoms with Gasteiger partial charge in [-0.15, -0.1) is 0 Å². The lowest BCUT2D eigenvalue weighted by molar-refractivity contribution is 0.256. The fourth-order valence-corrected chi connectivity index (χ4v) is 4.97. The lowest BCUT2D eigenvalue weighted by atomic mass is 9.88. The van der Waals surface area contributed by atoms with Crippen molar-refractivity contribution in [1.29, 1.82) is 0 Å². The third kappa shape index (κ3) is 6.67. The van der Waals surface area contributed by atoms with E-state index in [1.807, 2.05) is 38.4 Å². The second-order valence-corrected chi connectivity index (χ2v) is 11.5. The molecule has 1 atom stereocenters. The van der Waals surface area contributed by atoms with E-state index in [4.69, 9.17) is 5.14 Å². The molecule has 0 saturated heterocycles. The Morgan fingerprint density at radius 2 is 1.49 bits per heavy atom. The van der Waals surface area contributed by atoms with Crippen LogP contribution in [0.2, 0.25) is 0 Å². The first-order valence-electron chi connectivity index (χ1n) is 11.8. The average Bonchev–Trinajstić information content (AvgIpc) is 2.82. The van der Waals surface area contributed by atoms with Crippen molar-refractivity contribution in [2.75, 3.05) is 25.8 Å². The SMILES string of the molecule is CC(C)c1cc(-c2ccncc2)cc(C(C)C)c1N(O)CN=S(N)(=O)c1ccc(CN(C)C)cc1. The van der Waals surface area contributed by atoms with Crippen LogP contribution in [0.25, 0.3) is 11.1 Å². The average molecular weight is 496 g/mol. The van der Waals surface area contributed by atoms with Crippen molar-refractivity contribution in [3.8, 4) is 11.1 Å². The predicted octanol–water partition coefficient (Wildman–Crippen LogP) is 5.61. The second kappa shape index (κ2) is 11.3. The van der Waals surface area contributed by atoms with Gasteiger partial charge in [0, 0.05) is 18.9 Å². The van der Waals surface area contributed by atoms with E-state index in [0.717, 1.165) is 39.4 Å². The number of aromatic nitrogens is 1. The van der Waals surface area contributed by atoms with E-state index in [2.05, 4.69) is 54.1 Å². The highest BCUT2D eigenvalue weighted by Gasteiger charge is 2.21. The molecule has 3 rings (SSSR count). The van der Waals surface area contributed by atoms with E-state index in [0.29, 0.717) is 10.6 Å². The van der Waals surface area contributed by atoms with Gasteiger partial charge in [0.15, 0.2) is 0 Å². The summed E-state index contributed by atoms with van der Waals surface area (Å²) >= 11 is 0. The number of hydrogen-bond acceptors (Lipinski definition) is 6. The molecule has 7 nitrogen and oxygen atoms in total. The van der Waals surface area contributed by atoms with Crippen molar-refractivity contribution in [3.63, 3.8) is 0 Å². The van der Waals surface area contributed by atoms with Crippen LogP contribution in [0, 0.1) is 0 Å². The topological polar surface area (TPSA) is 95.0 Å². The van der Waals surface area contributed by atoms with Crippen molar-refractivity contribution >= 4 is 15.6 Å². The summed E-state index contributed by atoms with van der Waals surface area (Å²) in [5.74, 6) is 0.288. The lowest BCUT2D eigenvalue weighted by Gasteiger charge is -2.27. The molecule has 0 aliphatic heterocycles. The summed E-state index contributed by atoms with van der Waals surface area (Å²) < 4.78 is 17.4. The summed E-state index contributed by atoms with van der Waals surface area (Å²) in [6, 6.07) is 15.4. The third-order valence-electron chi connectivity index (χ3n) is 5.83. The molecule has 0 amide bonds. The normalized spacial score (nSPS) is 13.3. The van der Waals surface area contributed by atoms with Gasteiger partial charge in [0.05, 0.1) is 10.6 Å². The number of nitrogens with zero attached hydrogens (tertiary/aromatic N) is 4. The van der Waals surface area contributed by atoms with Crippen LogP contribution in [0.3, 0.4) is 0 Å². The quantitative estimate of drug-likeness (QED) is 0.376. The molecule has 0 fully saturated rings. The van der Waals surface area contributed by atoms with Crippen molar-refractivity contribution in [2.24, 2.45) is 9.50 Å². The number of hydrogen-bond donors (Lipinski definition) is 2. The third-order valence-corrected chi connectivity index (χ3v) is 7.27. The molecule has 0 saturated carbocycles. The van der Waals surface area contributed by atoms with Crippen molar-refractivity contribution in [2.45, 2.75) is 51.0 Å². The zero-order chi connectivity index (χ0) is 25.8. The molecule has 0 bridgehead atoms. The van der Waals surface area contributed by atoms with Gasteiger partial charge in [0.1, 0.15) is 16.6 Å². The largest absolute Gasteiger partial charge is 0.305 e. The molecule has 1 unspecified atom stereocenters. The molecule has 0 radical (unpaired) electrons. The summed E-state index contributed by atoms with van der Waals surface area (Å²) in [6.45, 7) is 8.93. The lowest BCUT2D eigenvalue weighted by Crippen LogP contribution is -2.24. The standard InChI is InChI=1S/C27H37N5O2S/c1-19(2)25-15-23(22-11-13-29-14-12-22)16-26(20(3)4)27(25)32(33)18-30-35(28,34)24-9-7-21(8-10-24)17-31(5)6/h7-16,19-20,33H,17-18H2,1-6H3,(H2,28,30,34). The van der Waals surface area contributed by atoms with Crippen LogP contribution in [0.15, 0.2) is 70.2 Å². The molecule has 8 heteroatoms. The number of pyridine rings is 1. The van der Waals surface area contributed by atoms with E-state index >= 15 is 0 Å². The zero-order valence-corrected chi connectivity index (χ0v) is 22.3. The van der Waals surface area contributed by atoms with Gasteiger partial charge < -0.3 is 4.90 Å². The minimum absolute atomic E-state index is 0.144. The van der Waals surface area contributed by atoms with Crippen LogP contribution in [-0.2, 0) is 16.5 Å². The van der Waals surface area contributed by atoms with Crippen molar-refractivity contribution in [1.82, 2.24) is 9.88 Å². The fourth-order valence-electron chi connectivity index (χ4n) is 4.01. The molecule has 2 aromatic carbocycles. The molecule has 3 N–H and O–H groups in total. The predicted molar refractivity (Wildman–Crippen MR) is 144 cm³/mol. The molecule has 1 aromatic heterocycles. The van der Waals surface area contributed by atoms with Gasteiger partial charge in [0.2, 0.25) is 0 Å². The van der Waals surface area contributed by atoms with Crippen molar-refractivity contribution < 1.29 is 9.42 Å². The van der Waals surface area contributed by atoms with Gasteiger partial charge in [-0.3, -0.25) is 10.2 Å². The Labute approximate surface area is 209 Å². The van der Waals surface area contributed by atoms with Crippen LogP contribution in [-0.4, -0.2) is 40.1 Å². The van der Waals surface area contributed by atoms with E-state index in [9.17, 15) is 9.42 Å². The van der Waals surface area contributed by atoms with Gasteiger partial charge in [-0.2, -0.15) is 4.36 Å². The smallest absolute Gasteiger partial charge is 0.146 e.